The van der Waals surface area contributed by atoms with Crippen LogP contribution >= 0.6 is 15.9 Å². The van der Waals surface area contributed by atoms with Crippen molar-refractivity contribution in [2.45, 2.75) is 31.7 Å². The normalized spacial score (nSPS) is 17.1. The number of carbonyl (C=O) groups excluding carboxylic acids is 3. The van der Waals surface area contributed by atoms with Crippen molar-refractivity contribution in [3.63, 3.8) is 0 Å². The Bertz CT molecular complexity index is 973. The monoisotopic (exact) mass is 483 g/mol. The molecular formula is C24H26BrN3O3. The van der Waals surface area contributed by atoms with Gasteiger partial charge in [-0.15, -0.1) is 0 Å². The van der Waals surface area contributed by atoms with Crippen LogP contribution in [0.25, 0.3) is 0 Å². The highest BCUT2D eigenvalue weighted by Gasteiger charge is 2.35. The first-order valence-electron chi connectivity index (χ1n) is 10.8. The molecule has 1 unspecified atom stereocenters. The molecule has 1 saturated heterocycles. The lowest BCUT2D eigenvalue weighted by Gasteiger charge is -2.28. The van der Waals surface area contributed by atoms with E-state index in [9.17, 15) is 14.4 Å². The van der Waals surface area contributed by atoms with Crippen LogP contribution in [0.3, 0.4) is 0 Å². The summed E-state index contributed by atoms with van der Waals surface area (Å²) in [5.74, 6) is -0.634. The molecule has 1 fully saturated rings. The molecule has 4 rings (SSSR count). The fourth-order valence-electron chi connectivity index (χ4n) is 4.35. The molecule has 2 aromatic rings. The summed E-state index contributed by atoms with van der Waals surface area (Å²) in [5.41, 5.74) is 2.05. The SMILES string of the molecule is O=C(CCCN1C(=O)c2ccc(Br)cc2C1=O)NCC(c1ccccc1)N1CCCC1. The summed E-state index contributed by atoms with van der Waals surface area (Å²) in [6, 6.07) is 15.5. The van der Waals surface area contributed by atoms with Crippen molar-refractivity contribution < 1.29 is 14.4 Å². The van der Waals surface area contributed by atoms with Gasteiger partial charge in [-0.3, -0.25) is 24.2 Å². The van der Waals surface area contributed by atoms with Gasteiger partial charge in [0.05, 0.1) is 17.2 Å². The molecule has 2 aromatic carbocycles. The second-order valence-corrected chi connectivity index (χ2v) is 8.94. The van der Waals surface area contributed by atoms with Crippen LogP contribution in [0.5, 0.6) is 0 Å². The molecule has 162 valence electrons. The summed E-state index contributed by atoms with van der Waals surface area (Å²) in [6.07, 6.45) is 3.10. The minimum absolute atomic E-state index is 0.0560. The molecule has 0 spiro atoms. The fraction of sp³-hybridized carbons (Fsp3) is 0.375. The molecule has 2 aliphatic heterocycles. The van der Waals surface area contributed by atoms with Gasteiger partial charge >= 0.3 is 0 Å². The summed E-state index contributed by atoms with van der Waals surface area (Å²) in [5, 5.41) is 3.06. The van der Waals surface area contributed by atoms with Gasteiger partial charge in [-0.05, 0) is 56.1 Å². The first-order valence-corrected chi connectivity index (χ1v) is 11.6. The number of hydrogen-bond donors (Lipinski definition) is 1. The van der Waals surface area contributed by atoms with Crippen LogP contribution in [-0.2, 0) is 4.79 Å². The van der Waals surface area contributed by atoms with Crippen LogP contribution in [-0.4, -0.2) is 53.7 Å². The lowest BCUT2D eigenvalue weighted by molar-refractivity contribution is -0.121. The maximum Gasteiger partial charge on any atom is 0.261 e. The predicted molar refractivity (Wildman–Crippen MR) is 122 cm³/mol. The number of benzene rings is 2. The van der Waals surface area contributed by atoms with Crippen molar-refractivity contribution in [3.8, 4) is 0 Å². The molecule has 2 aliphatic rings. The van der Waals surface area contributed by atoms with Gasteiger partial charge in [0.1, 0.15) is 0 Å². The van der Waals surface area contributed by atoms with Crippen LogP contribution in [0, 0.1) is 0 Å². The van der Waals surface area contributed by atoms with Gasteiger partial charge < -0.3 is 5.32 Å². The number of fused-ring (bicyclic) bond motifs is 1. The molecule has 1 atom stereocenters. The van der Waals surface area contributed by atoms with Crippen LogP contribution in [0.15, 0.2) is 53.0 Å². The van der Waals surface area contributed by atoms with Crippen molar-refractivity contribution in [2.24, 2.45) is 0 Å². The van der Waals surface area contributed by atoms with Gasteiger partial charge in [-0.2, -0.15) is 0 Å². The van der Waals surface area contributed by atoms with Gasteiger partial charge in [0.15, 0.2) is 0 Å². The van der Waals surface area contributed by atoms with E-state index in [4.69, 9.17) is 0 Å². The summed E-state index contributed by atoms with van der Waals surface area (Å²) < 4.78 is 0.764. The molecular weight excluding hydrogens is 458 g/mol. The number of carbonyl (C=O) groups is 3. The van der Waals surface area contributed by atoms with E-state index in [1.807, 2.05) is 18.2 Å². The first kappa shape index (κ1) is 21.7. The van der Waals surface area contributed by atoms with Crippen LogP contribution in [0.4, 0.5) is 0 Å². The molecule has 0 aromatic heterocycles. The van der Waals surface area contributed by atoms with E-state index in [2.05, 4.69) is 38.3 Å². The Morgan fingerprint density at radius 3 is 2.45 bits per heavy atom. The Kier molecular flexibility index (Phi) is 6.83. The molecule has 2 heterocycles. The summed E-state index contributed by atoms with van der Waals surface area (Å²) >= 11 is 3.34. The molecule has 31 heavy (non-hydrogen) atoms. The average molecular weight is 484 g/mol. The van der Waals surface area contributed by atoms with E-state index in [0.717, 1.165) is 17.6 Å². The third-order valence-corrected chi connectivity index (χ3v) is 6.47. The molecule has 0 aliphatic carbocycles. The Labute approximate surface area is 190 Å². The summed E-state index contributed by atoms with van der Waals surface area (Å²) in [7, 11) is 0. The largest absolute Gasteiger partial charge is 0.354 e. The Morgan fingerprint density at radius 1 is 1.00 bits per heavy atom. The van der Waals surface area contributed by atoms with Crippen LogP contribution < -0.4 is 5.32 Å². The van der Waals surface area contributed by atoms with E-state index in [1.165, 1.54) is 23.3 Å². The number of imide groups is 1. The lowest BCUT2D eigenvalue weighted by Crippen LogP contribution is -2.37. The van der Waals surface area contributed by atoms with Crippen molar-refractivity contribution in [1.29, 1.82) is 0 Å². The highest BCUT2D eigenvalue weighted by atomic mass is 79.9. The van der Waals surface area contributed by atoms with E-state index in [1.54, 1.807) is 18.2 Å². The maximum atomic E-state index is 12.5. The number of nitrogens with zero attached hydrogens (tertiary/aromatic N) is 2. The van der Waals surface area contributed by atoms with Crippen LogP contribution in [0.1, 0.15) is 58.0 Å². The third-order valence-electron chi connectivity index (χ3n) is 5.98. The quantitative estimate of drug-likeness (QED) is 0.580. The zero-order chi connectivity index (χ0) is 21.8. The van der Waals surface area contributed by atoms with Gasteiger partial charge in [-0.25, -0.2) is 0 Å². The number of likely N-dealkylation sites (tertiary alicyclic amines) is 1. The summed E-state index contributed by atoms with van der Waals surface area (Å²) in [6.45, 7) is 2.89. The average Bonchev–Trinajstić information content (AvgIpc) is 3.38. The number of rotatable bonds is 8. The zero-order valence-corrected chi connectivity index (χ0v) is 18.9. The molecule has 0 saturated carbocycles. The van der Waals surface area contributed by atoms with Gasteiger partial charge in [0.25, 0.3) is 11.8 Å². The molecule has 3 amide bonds. The zero-order valence-electron chi connectivity index (χ0n) is 17.4. The number of amides is 3. The van der Waals surface area contributed by atoms with E-state index < -0.39 is 0 Å². The Hall–Kier alpha value is -2.51. The molecule has 6 nitrogen and oxygen atoms in total. The molecule has 7 heteroatoms. The Morgan fingerprint density at radius 2 is 1.71 bits per heavy atom. The van der Waals surface area contributed by atoms with E-state index in [0.29, 0.717) is 24.1 Å². The van der Waals surface area contributed by atoms with E-state index in [-0.39, 0.29) is 36.7 Å². The number of nitrogens with one attached hydrogen (secondary N) is 1. The molecule has 0 bridgehead atoms. The predicted octanol–water partition coefficient (Wildman–Crippen LogP) is 3.78. The van der Waals surface area contributed by atoms with Crippen molar-refractivity contribution in [1.82, 2.24) is 15.1 Å². The van der Waals surface area contributed by atoms with Gasteiger partial charge in [0.2, 0.25) is 5.91 Å². The minimum atomic E-state index is -0.292. The standard InChI is InChI=1S/C24H26BrN3O3/c25-18-10-11-19-20(15-18)24(31)28(23(19)30)14-6-9-22(29)26-16-21(27-12-4-5-13-27)17-7-2-1-3-8-17/h1-3,7-8,10-11,15,21H,4-6,9,12-14,16H2,(H,26,29). The highest BCUT2D eigenvalue weighted by molar-refractivity contribution is 9.10. The van der Waals surface area contributed by atoms with Crippen molar-refractivity contribution in [2.75, 3.05) is 26.2 Å². The minimum Gasteiger partial charge on any atom is -0.354 e. The van der Waals surface area contributed by atoms with Gasteiger partial charge in [0, 0.05) is 24.0 Å². The van der Waals surface area contributed by atoms with Crippen molar-refractivity contribution in [3.05, 3.63) is 69.7 Å². The second kappa shape index (κ2) is 9.75. The third kappa shape index (κ3) is 4.88. The topological polar surface area (TPSA) is 69.7 Å². The Balaban J connectivity index is 1.28. The fourth-order valence-corrected chi connectivity index (χ4v) is 4.71. The van der Waals surface area contributed by atoms with E-state index >= 15 is 0 Å². The highest BCUT2D eigenvalue weighted by Crippen LogP contribution is 2.27. The second-order valence-electron chi connectivity index (χ2n) is 8.03. The first-order chi connectivity index (χ1) is 15.0. The number of halogens is 1. The molecule has 1 N–H and O–H groups in total. The number of hydrogen-bond acceptors (Lipinski definition) is 4. The van der Waals surface area contributed by atoms with Gasteiger partial charge in [-0.1, -0.05) is 46.3 Å². The van der Waals surface area contributed by atoms with Crippen molar-refractivity contribution >= 4 is 33.7 Å². The summed E-state index contributed by atoms with van der Waals surface area (Å²) in [4.78, 5) is 41.2. The molecule has 0 radical (unpaired) electrons. The maximum absolute atomic E-state index is 12.5. The smallest absolute Gasteiger partial charge is 0.261 e. The lowest BCUT2D eigenvalue weighted by atomic mass is 10.1. The van der Waals surface area contributed by atoms with Crippen LogP contribution in [0.2, 0.25) is 0 Å².